The first-order chi connectivity index (χ1) is 12.0. The molecule has 2 heterocycles. The van der Waals surface area contributed by atoms with Gasteiger partial charge in [-0.15, -0.1) is 11.3 Å². The molecule has 132 valence electrons. The molecule has 1 aromatic carbocycles. The van der Waals surface area contributed by atoms with Crippen molar-refractivity contribution in [2.24, 2.45) is 0 Å². The Kier molecular flexibility index (Phi) is 5.81. The van der Waals surface area contributed by atoms with E-state index in [1.54, 1.807) is 23.1 Å². The topological polar surface area (TPSA) is 55.0 Å². The molecule has 3 aromatic rings. The van der Waals surface area contributed by atoms with Gasteiger partial charge >= 0.3 is 0 Å². The Morgan fingerprint density at radius 2 is 2.12 bits per heavy atom. The number of aromatic amines is 1. The number of hydrogen-bond donors (Lipinski definition) is 1. The van der Waals surface area contributed by atoms with Crippen molar-refractivity contribution in [1.29, 1.82) is 0 Å². The number of H-pyrrole nitrogens is 1. The monoisotopic (exact) mass is 374 g/mol. The minimum absolute atomic E-state index is 0.0229. The zero-order valence-corrected chi connectivity index (χ0v) is 16.4. The van der Waals surface area contributed by atoms with Gasteiger partial charge < -0.3 is 9.72 Å². The number of ether oxygens (including phenoxy) is 1. The zero-order chi connectivity index (χ0) is 17.8. The Morgan fingerprint density at radius 1 is 1.28 bits per heavy atom. The number of hydrogen-bond acceptors (Lipinski definition) is 5. The second-order valence-corrected chi connectivity index (χ2v) is 8.36. The molecular formula is C19H22N2O2S2. The minimum atomic E-state index is -0.0229. The third-order valence-electron chi connectivity index (χ3n) is 4.02. The summed E-state index contributed by atoms with van der Waals surface area (Å²) < 4.78 is 5.75. The van der Waals surface area contributed by atoms with E-state index >= 15 is 0 Å². The second kappa shape index (κ2) is 8.06. The summed E-state index contributed by atoms with van der Waals surface area (Å²) in [6.07, 6.45) is 0.961. The lowest BCUT2D eigenvalue weighted by atomic mass is 10.2. The molecule has 0 radical (unpaired) electrons. The summed E-state index contributed by atoms with van der Waals surface area (Å²) in [6, 6.07) is 8.09. The Bertz CT molecular complexity index is 931. The lowest BCUT2D eigenvalue weighted by Crippen LogP contribution is -2.11. The maximum absolute atomic E-state index is 12.2. The highest BCUT2D eigenvalue weighted by Gasteiger charge is 2.11. The number of thioether (sulfide) groups is 1. The summed E-state index contributed by atoms with van der Waals surface area (Å²) in [5, 5.41) is 0.739. The van der Waals surface area contributed by atoms with Gasteiger partial charge in [-0.05, 0) is 56.2 Å². The van der Waals surface area contributed by atoms with Gasteiger partial charge in [0.2, 0.25) is 0 Å². The predicted molar refractivity (Wildman–Crippen MR) is 107 cm³/mol. The van der Waals surface area contributed by atoms with Crippen molar-refractivity contribution in [1.82, 2.24) is 9.97 Å². The number of nitrogens with zero attached hydrogens (tertiary/aromatic N) is 1. The molecule has 4 nitrogen and oxygen atoms in total. The molecule has 0 fully saturated rings. The van der Waals surface area contributed by atoms with E-state index in [1.807, 2.05) is 32.0 Å². The van der Waals surface area contributed by atoms with Gasteiger partial charge in [-0.2, -0.15) is 11.8 Å². The molecule has 0 aliphatic heterocycles. The van der Waals surface area contributed by atoms with Crippen molar-refractivity contribution in [3.8, 4) is 5.75 Å². The zero-order valence-electron chi connectivity index (χ0n) is 14.7. The number of aromatic nitrogens is 2. The van der Waals surface area contributed by atoms with Crippen molar-refractivity contribution in [2.75, 3.05) is 12.4 Å². The van der Waals surface area contributed by atoms with Crippen molar-refractivity contribution in [3.63, 3.8) is 0 Å². The summed E-state index contributed by atoms with van der Waals surface area (Å²) in [5.74, 6) is 3.36. The van der Waals surface area contributed by atoms with E-state index in [1.165, 1.54) is 5.56 Å². The van der Waals surface area contributed by atoms with Crippen molar-refractivity contribution < 1.29 is 4.74 Å². The van der Waals surface area contributed by atoms with E-state index in [-0.39, 0.29) is 5.56 Å². The number of fused-ring (bicyclic) bond motifs is 1. The fraction of sp³-hybridized carbons (Fsp3) is 0.368. The maximum atomic E-state index is 12.2. The van der Waals surface area contributed by atoms with Crippen LogP contribution in [0.25, 0.3) is 10.2 Å². The van der Waals surface area contributed by atoms with Crippen LogP contribution < -0.4 is 10.3 Å². The van der Waals surface area contributed by atoms with Crippen LogP contribution >= 0.6 is 23.1 Å². The lowest BCUT2D eigenvalue weighted by Gasteiger charge is -2.06. The quantitative estimate of drug-likeness (QED) is 0.614. The van der Waals surface area contributed by atoms with E-state index in [0.29, 0.717) is 12.4 Å². The van der Waals surface area contributed by atoms with Crippen LogP contribution in [0.15, 0.2) is 29.1 Å². The first-order valence-corrected chi connectivity index (χ1v) is 10.3. The van der Waals surface area contributed by atoms with Gasteiger partial charge in [-0.1, -0.05) is 12.1 Å². The maximum Gasteiger partial charge on any atom is 0.259 e. The molecule has 0 unspecified atom stereocenters. The fourth-order valence-electron chi connectivity index (χ4n) is 2.59. The molecule has 0 saturated carbocycles. The molecule has 25 heavy (non-hydrogen) atoms. The third kappa shape index (κ3) is 4.44. The van der Waals surface area contributed by atoms with Gasteiger partial charge in [0, 0.05) is 4.88 Å². The third-order valence-corrected chi connectivity index (χ3v) is 6.17. The SMILES string of the molecule is Cc1cccc(OCCCSCc2nc3sc(C)c(C)c3c(=O)[nH]2)c1. The molecule has 0 atom stereocenters. The predicted octanol–water partition coefficient (Wildman–Crippen LogP) is 4.61. The molecule has 0 amide bonds. The van der Waals surface area contributed by atoms with Gasteiger partial charge in [0.05, 0.1) is 17.7 Å². The first-order valence-electron chi connectivity index (χ1n) is 8.30. The number of benzene rings is 1. The van der Waals surface area contributed by atoms with Crippen LogP contribution in [0.4, 0.5) is 0 Å². The summed E-state index contributed by atoms with van der Waals surface area (Å²) in [7, 11) is 0. The molecule has 0 aliphatic carbocycles. The Hall–Kier alpha value is -1.79. The summed E-state index contributed by atoms with van der Waals surface area (Å²) in [5.41, 5.74) is 2.22. The highest BCUT2D eigenvalue weighted by Crippen LogP contribution is 2.26. The van der Waals surface area contributed by atoms with Crippen LogP contribution in [0.2, 0.25) is 0 Å². The summed E-state index contributed by atoms with van der Waals surface area (Å²) in [4.78, 5) is 21.8. The van der Waals surface area contributed by atoms with E-state index in [4.69, 9.17) is 4.74 Å². The average molecular weight is 375 g/mol. The number of rotatable bonds is 7. The Balaban J connectivity index is 1.48. The number of aryl methyl sites for hydroxylation is 3. The molecule has 6 heteroatoms. The van der Waals surface area contributed by atoms with Gasteiger partial charge in [0.15, 0.2) is 0 Å². The Morgan fingerprint density at radius 3 is 2.92 bits per heavy atom. The van der Waals surface area contributed by atoms with Gasteiger partial charge in [-0.25, -0.2) is 4.98 Å². The van der Waals surface area contributed by atoms with E-state index in [9.17, 15) is 4.79 Å². The molecule has 0 bridgehead atoms. The normalized spacial score (nSPS) is 11.2. The average Bonchev–Trinajstić information content (AvgIpc) is 2.85. The molecule has 1 N–H and O–H groups in total. The second-order valence-electron chi connectivity index (χ2n) is 6.05. The Labute approximate surface area is 155 Å². The van der Waals surface area contributed by atoms with E-state index < -0.39 is 0 Å². The van der Waals surface area contributed by atoms with Crippen LogP contribution in [0.1, 0.15) is 28.2 Å². The van der Waals surface area contributed by atoms with Gasteiger partial charge in [-0.3, -0.25) is 4.79 Å². The van der Waals surface area contributed by atoms with Crippen LogP contribution in [0.3, 0.4) is 0 Å². The van der Waals surface area contributed by atoms with Crippen LogP contribution in [-0.2, 0) is 5.75 Å². The molecule has 0 aliphatic rings. The smallest absolute Gasteiger partial charge is 0.259 e. The number of thiophene rings is 1. The summed E-state index contributed by atoms with van der Waals surface area (Å²) in [6.45, 7) is 6.77. The molecule has 2 aromatic heterocycles. The molecule has 0 saturated heterocycles. The standard InChI is InChI=1S/C19H22N2O2S2/c1-12-6-4-7-15(10-12)23-8-5-9-24-11-16-20-18(22)17-13(2)14(3)25-19(17)21-16/h4,6-7,10H,5,8-9,11H2,1-3H3,(H,20,21,22). The van der Waals surface area contributed by atoms with Crippen molar-refractivity contribution in [3.05, 3.63) is 56.4 Å². The summed E-state index contributed by atoms with van der Waals surface area (Å²) >= 11 is 3.36. The largest absolute Gasteiger partial charge is 0.494 e. The van der Waals surface area contributed by atoms with Crippen molar-refractivity contribution in [2.45, 2.75) is 32.9 Å². The van der Waals surface area contributed by atoms with Crippen LogP contribution in [0.5, 0.6) is 5.75 Å². The highest BCUT2D eigenvalue weighted by molar-refractivity contribution is 7.98. The fourth-order valence-corrected chi connectivity index (χ4v) is 4.44. The van der Waals surface area contributed by atoms with Crippen molar-refractivity contribution >= 4 is 33.3 Å². The van der Waals surface area contributed by atoms with Crippen LogP contribution in [0, 0.1) is 20.8 Å². The highest BCUT2D eigenvalue weighted by atomic mass is 32.2. The van der Waals surface area contributed by atoms with Gasteiger partial charge in [0.1, 0.15) is 16.4 Å². The van der Waals surface area contributed by atoms with Crippen LogP contribution in [-0.4, -0.2) is 22.3 Å². The lowest BCUT2D eigenvalue weighted by molar-refractivity contribution is 0.318. The molecular weight excluding hydrogens is 352 g/mol. The van der Waals surface area contributed by atoms with E-state index in [0.717, 1.165) is 44.4 Å². The van der Waals surface area contributed by atoms with E-state index in [2.05, 4.69) is 23.0 Å². The molecule has 0 spiro atoms. The van der Waals surface area contributed by atoms with Gasteiger partial charge in [0.25, 0.3) is 5.56 Å². The number of nitrogens with one attached hydrogen (secondary N) is 1. The molecule has 3 rings (SSSR count). The first kappa shape index (κ1) is 18.0. The minimum Gasteiger partial charge on any atom is -0.494 e.